The number of halogens is 1. The first-order chi connectivity index (χ1) is 8.31. The number of allylic oxidation sites excluding steroid dienone is 3. The number of hydrogen-bond acceptors (Lipinski definition) is 2. The summed E-state index contributed by atoms with van der Waals surface area (Å²) in [5.74, 6) is 0. The van der Waals surface area contributed by atoms with E-state index in [1.165, 1.54) is 11.6 Å². The molecule has 1 aromatic heterocycles. The molecule has 0 aromatic carbocycles. The lowest BCUT2D eigenvalue weighted by Crippen LogP contribution is -2.00. The number of aromatic nitrogens is 2. The molecule has 0 saturated carbocycles. The molecule has 3 nitrogen and oxygen atoms in total. The van der Waals surface area contributed by atoms with Gasteiger partial charge < -0.3 is 0 Å². The summed E-state index contributed by atoms with van der Waals surface area (Å²) in [6, 6.07) is 2.05. The molecule has 0 amide bonds. The molecule has 0 fully saturated rings. The largest absolute Gasteiger partial charge is 0.257 e. The summed E-state index contributed by atoms with van der Waals surface area (Å²) >= 11 is 0. The maximum atomic E-state index is 13.4. The van der Waals surface area contributed by atoms with Crippen molar-refractivity contribution in [1.29, 1.82) is 5.26 Å². The summed E-state index contributed by atoms with van der Waals surface area (Å²) < 4.78 is 14.8. The van der Waals surface area contributed by atoms with E-state index < -0.39 is 6.17 Å². The fourth-order valence-electron chi connectivity index (χ4n) is 1.56. The summed E-state index contributed by atoms with van der Waals surface area (Å²) in [7, 11) is 1.63. The van der Waals surface area contributed by atoms with E-state index in [2.05, 4.69) is 24.8 Å². The first kappa shape index (κ1) is 13.9. The standard InChI is InChI=1S/C14H16FN3/c1-8(2)9(3)13-12(7-16)18(6)17-14(13)10(4)11(5)15/h11H,1,3-4H2,2,5-6H3. The normalized spacial score (nSPS) is 11.7. The smallest absolute Gasteiger partial charge is 0.146 e. The Balaban J connectivity index is 3.55. The molecule has 0 spiro atoms. The monoisotopic (exact) mass is 245 g/mol. The molecule has 94 valence electrons. The first-order valence-electron chi connectivity index (χ1n) is 5.46. The zero-order chi connectivity index (χ0) is 14.0. The van der Waals surface area contributed by atoms with E-state index in [9.17, 15) is 4.39 Å². The third-order valence-electron chi connectivity index (χ3n) is 2.75. The minimum atomic E-state index is -1.23. The van der Waals surface area contributed by atoms with E-state index in [1.54, 1.807) is 14.0 Å². The highest BCUT2D eigenvalue weighted by molar-refractivity contribution is 5.86. The Morgan fingerprint density at radius 3 is 2.39 bits per heavy atom. The molecule has 4 heteroatoms. The fraction of sp³-hybridized carbons (Fsp3) is 0.286. The van der Waals surface area contributed by atoms with Crippen LogP contribution in [0.5, 0.6) is 0 Å². The van der Waals surface area contributed by atoms with Gasteiger partial charge in [-0.05, 0) is 19.4 Å². The lowest BCUT2D eigenvalue weighted by Gasteiger charge is -2.09. The van der Waals surface area contributed by atoms with Crippen LogP contribution in [0.4, 0.5) is 4.39 Å². The van der Waals surface area contributed by atoms with Crippen LogP contribution in [0, 0.1) is 11.3 Å². The Hall–Kier alpha value is -2.15. The zero-order valence-electron chi connectivity index (χ0n) is 10.9. The van der Waals surface area contributed by atoms with Crippen LogP contribution in [0.1, 0.15) is 30.8 Å². The number of alkyl halides is 1. The third-order valence-corrected chi connectivity index (χ3v) is 2.75. The van der Waals surface area contributed by atoms with E-state index >= 15 is 0 Å². The van der Waals surface area contributed by atoms with Gasteiger partial charge in [0.1, 0.15) is 17.9 Å². The average molecular weight is 245 g/mol. The van der Waals surface area contributed by atoms with Crippen molar-refractivity contribution in [2.75, 3.05) is 0 Å². The SMILES string of the molecule is C=C(C)C(=C)c1c(C(=C)C(C)F)nn(C)c1C#N. The van der Waals surface area contributed by atoms with Crippen molar-refractivity contribution < 1.29 is 4.39 Å². The van der Waals surface area contributed by atoms with Crippen LogP contribution in [0.2, 0.25) is 0 Å². The molecule has 0 radical (unpaired) electrons. The van der Waals surface area contributed by atoms with Gasteiger partial charge >= 0.3 is 0 Å². The first-order valence-corrected chi connectivity index (χ1v) is 5.46. The van der Waals surface area contributed by atoms with E-state index in [1.807, 2.05) is 6.07 Å². The van der Waals surface area contributed by atoms with Crippen molar-refractivity contribution in [3.8, 4) is 6.07 Å². The van der Waals surface area contributed by atoms with E-state index in [0.29, 0.717) is 28.1 Å². The Kier molecular flexibility index (Phi) is 3.87. The van der Waals surface area contributed by atoms with E-state index in [4.69, 9.17) is 5.26 Å². The number of aryl methyl sites for hydroxylation is 1. The van der Waals surface area contributed by atoms with Crippen molar-refractivity contribution in [3.05, 3.63) is 42.3 Å². The highest BCUT2D eigenvalue weighted by Crippen LogP contribution is 2.31. The van der Waals surface area contributed by atoms with Crippen LogP contribution >= 0.6 is 0 Å². The van der Waals surface area contributed by atoms with Crippen molar-refractivity contribution in [3.63, 3.8) is 0 Å². The van der Waals surface area contributed by atoms with E-state index in [-0.39, 0.29) is 5.57 Å². The Bertz CT molecular complexity index is 571. The molecule has 1 aromatic rings. The second-order valence-electron chi connectivity index (χ2n) is 4.21. The fourth-order valence-corrected chi connectivity index (χ4v) is 1.56. The summed E-state index contributed by atoms with van der Waals surface area (Å²) in [5, 5.41) is 13.3. The minimum absolute atomic E-state index is 0.240. The van der Waals surface area contributed by atoms with Gasteiger partial charge in [0.05, 0.1) is 5.69 Å². The maximum absolute atomic E-state index is 13.4. The van der Waals surface area contributed by atoms with Crippen LogP contribution in [0.3, 0.4) is 0 Å². The van der Waals surface area contributed by atoms with Crippen LogP contribution in [0.15, 0.2) is 25.3 Å². The molecule has 0 bridgehead atoms. The van der Waals surface area contributed by atoms with Crippen molar-refractivity contribution in [2.24, 2.45) is 7.05 Å². The summed E-state index contributed by atoms with van der Waals surface area (Å²) in [4.78, 5) is 0. The molecule has 0 aliphatic rings. The van der Waals surface area contributed by atoms with Gasteiger partial charge in [0.2, 0.25) is 0 Å². The Labute approximate surface area is 107 Å². The molecule has 1 rings (SSSR count). The quantitative estimate of drug-likeness (QED) is 0.764. The van der Waals surface area contributed by atoms with Crippen LogP contribution in [-0.2, 0) is 7.05 Å². The van der Waals surface area contributed by atoms with Gasteiger partial charge in [-0.25, -0.2) is 4.39 Å². The summed E-state index contributed by atoms with van der Waals surface area (Å²) in [6.45, 7) is 14.5. The molecular weight excluding hydrogens is 229 g/mol. The maximum Gasteiger partial charge on any atom is 0.146 e. The molecule has 18 heavy (non-hydrogen) atoms. The molecule has 0 saturated heterocycles. The predicted molar refractivity (Wildman–Crippen MR) is 71.4 cm³/mol. The highest BCUT2D eigenvalue weighted by Gasteiger charge is 2.23. The summed E-state index contributed by atoms with van der Waals surface area (Å²) in [6.07, 6.45) is -1.23. The van der Waals surface area contributed by atoms with Gasteiger partial charge in [-0.2, -0.15) is 10.4 Å². The van der Waals surface area contributed by atoms with Crippen LogP contribution < -0.4 is 0 Å². The lowest BCUT2D eigenvalue weighted by atomic mass is 9.95. The van der Waals surface area contributed by atoms with Gasteiger partial charge in [-0.15, -0.1) is 0 Å². The molecule has 1 atom stereocenters. The molecule has 0 N–H and O–H groups in total. The number of hydrogen-bond donors (Lipinski definition) is 0. The van der Waals surface area contributed by atoms with E-state index in [0.717, 1.165) is 0 Å². The summed E-state index contributed by atoms with van der Waals surface area (Å²) in [5.41, 5.74) is 2.75. The number of nitrogens with zero attached hydrogens (tertiary/aromatic N) is 3. The molecule has 1 heterocycles. The van der Waals surface area contributed by atoms with Gasteiger partial charge in [-0.3, -0.25) is 4.68 Å². The van der Waals surface area contributed by atoms with Gasteiger partial charge in [0.15, 0.2) is 0 Å². The average Bonchev–Trinajstić information content (AvgIpc) is 2.63. The van der Waals surface area contributed by atoms with Gasteiger partial charge in [-0.1, -0.05) is 25.3 Å². The van der Waals surface area contributed by atoms with Crippen molar-refractivity contribution in [2.45, 2.75) is 20.0 Å². The Morgan fingerprint density at radius 2 is 2.00 bits per heavy atom. The number of nitriles is 1. The van der Waals surface area contributed by atoms with Gasteiger partial charge in [0, 0.05) is 18.2 Å². The molecule has 1 unspecified atom stereocenters. The highest BCUT2D eigenvalue weighted by atomic mass is 19.1. The Morgan fingerprint density at radius 1 is 1.44 bits per heavy atom. The predicted octanol–water partition coefficient (Wildman–Crippen LogP) is 3.25. The second kappa shape index (κ2) is 5.01. The zero-order valence-corrected chi connectivity index (χ0v) is 10.9. The van der Waals surface area contributed by atoms with Crippen LogP contribution in [0.25, 0.3) is 11.1 Å². The van der Waals surface area contributed by atoms with Gasteiger partial charge in [0.25, 0.3) is 0 Å². The molecule has 0 aliphatic heterocycles. The van der Waals surface area contributed by atoms with Crippen molar-refractivity contribution in [1.82, 2.24) is 9.78 Å². The number of rotatable bonds is 4. The topological polar surface area (TPSA) is 41.6 Å². The minimum Gasteiger partial charge on any atom is -0.257 e. The molecule has 0 aliphatic carbocycles. The molecular formula is C14H16FN3. The van der Waals surface area contributed by atoms with Crippen LogP contribution in [-0.4, -0.2) is 16.0 Å². The van der Waals surface area contributed by atoms with Crippen molar-refractivity contribution >= 4 is 11.1 Å². The third kappa shape index (κ3) is 2.25. The second-order valence-corrected chi connectivity index (χ2v) is 4.21. The lowest BCUT2D eigenvalue weighted by molar-refractivity contribution is 0.441.